The van der Waals surface area contributed by atoms with E-state index < -0.39 is 17.3 Å². The minimum Gasteiger partial charge on any atom is -0.396 e. The summed E-state index contributed by atoms with van der Waals surface area (Å²) in [6, 6.07) is 4.40. The Bertz CT molecular complexity index is 809. The van der Waals surface area contributed by atoms with Crippen molar-refractivity contribution in [2.75, 3.05) is 6.61 Å². The molecule has 0 aliphatic carbocycles. The number of aryl methyl sites for hydroxylation is 1. The Morgan fingerprint density at radius 2 is 1.97 bits per heavy atom. The topological polar surface area (TPSA) is 83.2 Å². The quantitative estimate of drug-likeness (QED) is 0.679. The fraction of sp³-hybridized carbons (Fsp3) is 0.600. The summed E-state index contributed by atoms with van der Waals surface area (Å²) in [6.45, 7) is 4.62. The summed E-state index contributed by atoms with van der Waals surface area (Å²) < 4.78 is 40.2. The van der Waals surface area contributed by atoms with Gasteiger partial charge in [-0.15, -0.1) is 5.10 Å². The van der Waals surface area contributed by atoms with E-state index in [2.05, 4.69) is 15.6 Å². The molecule has 1 unspecified atom stereocenters. The van der Waals surface area contributed by atoms with Crippen LogP contribution in [0.1, 0.15) is 56.0 Å². The zero-order valence-electron chi connectivity index (χ0n) is 16.5. The van der Waals surface area contributed by atoms with Gasteiger partial charge in [-0.2, -0.15) is 13.2 Å². The predicted molar refractivity (Wildman–Crippen MR) is 101 cm³/mol. The number of benzene rings is 1. The summed E-state index contributed by atoms with van der Waals surface area (Å²) >= 11 is 0. The third-order valence-corrected chi connectivity index (χ3v) is 5.50. The molecule has 0 amide bonds. The van der Waals surface area contributed by atoms with Gasteiger partial charge in [0.2, 0.25) is 0 Å². The molecule has 1 aromatic carbocycles. The lowest BCUT2D eigenvalue weighted by molar-refractivity contribution is -0.137. The van der Waals surface area contributed by atoms with Crippen LogP contribution in [0.3, 0.4) is 0 Å². The van der Waals surface area contributed by atoms with Crippen molar-refractivity contribution >= 4 is 0 Å². The van der Waals surface area contributed by atoms with Crippen molar-refractivity contribution in [2.24, 2.45) is 5.92 Å². The fourth-order valence-electron chi connectivity index (χ4n) is 3.81. The van der Waals surface area contributed by atoms with Gasteiger partial charge in [0.15, 0.2) is 0 Å². The van der Waals surface area contributed by atoms with Crippen LogP contribution in [-0.4, -0.2) is 37.9 Å². The zero-order chi connectivity index (χ0) is 21.2. The number of aliphatic hydroxyl groups is 2. The standard InChI is InChI=1S/C20H27F3N4O2/c1-13(12-28)7-8-27-11-18(25-26-27)17-10-19(29,9-14(2)24-17)15-3-5-16(6-4-15)20(21,22)23/h3-6,11,13-14,17,24,28-29H,7-10,12H2,1-2H3/t13-,14+,17+,19?/m1/s1. The highest BCUT2D eigenvalue weighted by atomic mass is 19.4. The first-order chi connectivity index (χ1) is 13.6. The van der Waals surface area contributed by atoms with Gasteiger partial charge in [0.05, 0.1) is 29.1 Å². The summed E-state index contributed by atoms with van der Waals surface area (Å²) in [5.41, 5.74) is -0.843. The molecule has 2 aromatic rings. The minimum absolute atomic E-state index is 0.0550. The molecule has 1 aliphatic heterocycles. The van der Waals surface area contributed by atoms with Gasteiger partial charge in [-0.05, 0) is 43.4 Å². The number of aliphatic hydroxyl groups excluding tert-OH is 1. The van der Waals surface area contributed by atoms with Gasteiger partial charge in [0.25, 0.3) is 0 Å². The van der Waals surface area contributed by atoms with E-state index in [1.54, 1.807) is 4.68 Å². The molecule has 4 atom stereocenters. The number of alkyl halides is 3. The van der Waals surface area contributed by atoms with Gasteiger partial charge in [-0.25, -0.2) is 0 Å². The number of halogens is 3. The Morgan fingerprint density at radius 1 is 1.28 bits per heavy atom. The van der Waals surface area contributed by atoms with Gasteiger partial charge in [0, 0.05) is 25.6 Å². The van der Waals surface area contributed by atoms with E-state index in [4.69, 9.17) is 5.11 Å². The largest absolute Gasteiger partial charge is 0.416 e. The van der Waals surface area contributed by atoms with Crippen molar-refractivity contribution in [2.45, 2.75) is 63.5 Å². The average Bonchev–Trinajstić information content (AvgIpc) is 3.14. The van der Waals surface area contributed by atoms with Crippen LogP contribution < -0.4 is 5.32 Å². The maximum absolute atomic E-state index is 12.8. The highest BCUT2D eigenvalue weighted by Gasteiger charge is 2.41. The van der Waals surface area contributed by atoms with E-state index in [0.717, 1.165) is 18.6 Å². The molecular formula is C20H27F3N4O2. The Kier molecular flexibility index (Phi) is 6.30. The van der Waals surface area contributed by atoms with Crippen molar-refractivity contribution in [3.8, 4) is 0 Å². The second-order valence-corrected chi connectivity index (χ2v) is 8.12. The number of piperidine rings is 1. The Hall–Kier alpha value is -1.97. The number of hydrogen-bond acceptors (Lipinski definition) is 5. The lowest BCUT2D eigenvalue weighted by Gasteiger charge is -2.40. The molecule has 9 heteroatoms. The lowest BCUT2D eigenvalue weighted by Crippen LogP contribution is -2.47. The molecule has 1 aromatic heterocycles. The van der Waals surface area contributed by atoms with Crippen molar-refractivity contribution in [1.29, 1.82) is 0 Å². The van der Waals surface area contributed by atoms with Gasteiger partial charge in [0.1, 0.15) is 0 Å². The third kappa shape index (κ3) is 5.15. The first-order valence-corrected chi connectivity index (χ1v) is 9.78. The van der Waals surface area contributed by atoms with E-state index in [0.29, 0.717) is 24.2 Å². The average molecular weight is 412 g/mol. The van der Waals surface area contributed by atoms with E-state index in [-0.39, 0.29) is 31.0 Å². The maximum Gasteiger partial charge on any atom is 0.416 e. The van der Waals surface area contributed by atoms with E-state index in [9.17, 15) is 18.3 Å². The normalized spacial score (nSPS) is 26.4. The van der Waals surface area contributed by atoms with Crippen LogP contribution in [0.5, 0.6) is 0 Å². The SMILES string of the molecule is C[C@@H](CO)CCn1cc([C@@H]2CC(O)(c3ccc(C(F)(F)F)cc3)C[C@H](C)N2)nn1. The number of nitrogens with zero attached hydrogens (tertiary/aromatic N) is 3. The Labute approximate surface area is 167 Å². The molecule has 3 N–H and O–H groups in total. The van der Waals surface area contributed by atoms with E-state index in [1.807, 2.05) is 20.0 Å². The summed E-state index contributed by atoms with van der Waals surface area (Å²) in [5, 5.41) is 32.1. The lowest BCUT2D eigenvalue weighted by atomic mass is 9.78. The van der Waals surface area contributed by atoms with Gasteiger partial charge in [-0.1, -0.05) is 24.3 Å². The molecule has 0 bridgehead atoms. The molecule has 6 nitrogen and oxygen atoms in total. The van der Waals surface area contributed by atoms with Crippen LogP contribution in [0.4, 0.5) is 13.2 Å². The first-order valence-electron chi connectivity index (χ1n) is 9.78. The highest BCUT2D eigenvalue weighted by molar-refractivity contribution is 5.30. The van der Waals surface area contributed by atoms with Crippen molar-refractivity contribution < 1.29 is 23.4 Å². The van der Waals surface area contributed by atoms with Crippen molar-refractivity contribution in [3.05, 3.63) is 47.3 Å². The van der Waals surface area contributed by atoms with Crippen LogP contribution in [-0.2, 0) is 18.3 Å². The van der Waals surface area contributed by atoms with Gasteiger partial charge in [-0.3, -0.25) is 4.68 Å². The highest BCUT2D eigenvalue weighted by Crippen LogP contribution is 2.40. The molecule has 3 rings (SSSR count). The number of rotatable bonds is 6. The number of nitrogens with one attached hydrogen (secondary N) is 1. The summed E-state index contributed by atoms with van der Waals surface area (Å²) in [7, 11) is 0. The molecule has 1 fully saturated rings. The van der Waals surface area contributed by atoms with Gasteiger partial charge < -0.3 is 15.5 Å². The number of hydrogen-bond donors (Lipinski definition) is 3. The fourth-order valence-corrected chi connectivity index (χ4v) is 3.81. The maximum atomic E-state index is 12.8. The summed E-state index contributed by atoms with van der Waals surface area (Å²) in [5.74, 6) is 0.167. The summed E-state index contributed by atoms with van der Waals surface area (Å²) in [4.78, 5) is 0. The summed E-state index contributed by atoms with van der Waals surface area (Å²) in [6.07, 6.45) is -1.15. The van der Waals surface area contributed by atoms with E-state index in [1.165, 1.54) is 12.1 Å². The second-order valence-electron chi connectivity index (χ2n) is 8.12. The molecule has 0 saturated carbocycles. The first kappa shape index (κ1) is 21.7. The monoisotopic (exact) mass is 412 g/mol. The van der Waals surface area contributed by atoms with Crippen LogP contribution in [0.15, 0.2) is 30.5 Å². The van der Waals surface area contributed by atoms with E-state index >= 15 is 0 Å². The van der Waals surface area contributed by atoms with Crippen LogP contribution in [0.2, 0.25) is 0 Å². The molecule has 29 heavy (non-hydrogen) atoms. The van der Waals surface area contributed by atoms with Crippen molar-refractivity contribution in [3.63, 3.8) is 0 Å². The zero-order valence-corrected chi connectivity index (χ0v) is 16.5. The smallest absolute Gasteiger partial charge is 0.396 e. The molecule has 1 saturated heterocycles. The van der Waals surface area contributed by atoms with Crippen LogP contribution >= 0.6 is 0 Å². The molecule has 1 aliphatic rings. The van der Waals surface area contributed by atoms with Crippen LogP contribution in [0, 0.1) is 5.92 Å². The number of aromatic nitrogens is 3. The second kappa shape index (κ2) is 8.41. The van der Waals surface area contributed by atoms with Crippen LogP contribution in [0.25, 0.3) is 0 Å². The molecule has 160 valence electrons. The molecule has 0 radical (unpaired) electrons. The van der Waals surface area contributed by atoms with Gasteiger partial charge >= 0.3 is 6.18 Å². The Balaban J connectivity index is 1.75. The van der Waals surface area contributed by atoms with Crippen molar-refractivity contribution in [1.82, 2.24) is 20.3 Å². The predicted octanol–water partition coefficient (Wildman–Crippen LogP) is 3.02. The molecular weight excluding hydrogens is 385 g/mol. The molecule has 2 heterocycles. The third-order valence-electron chi connectivity index (χ3n) is 5.50. The minimum atomic E-state index is -4.41. The Morgan fingerprint density at radius 3 is 2.59 bits per heavy atom. The molecule has 0 spiro atoms.